The van der Waals surface area contributed by atoms with Gasteiger partial charge in [0.15, 0.2) is 16.6 Å². The summed E-state index contributed by atoms with van der Waals surface area (Å²) < 4.78 is 50.2. The van der Waals surface area contributed by atoms with Crippen LogP contribution in [0.3, 0.4) is 0 Å². The maximum atomic E-state index is 13.3. The number of carbonyl (C=O) groups excluding carboxylic acids is 2. The summed E-state index contributed by atoms with van der Waals surface area (Å²) in [5, 5.41) is 3.53. The Kier molecular flexibility index (Phi) is 4.47. The lowest BCUT2D eigenvalue weighted by Crippen LogP contribution is -2.55. The number of thiocarbonyl (C=S) groups is 1. The van der Waals surface area contributed by atoms with E-state index in [1.165, 1.54) is 17.0 Å². The van der Waals surface area contributed by atoms with Crippen molar-refractivity contribution in [2.24, 2.45) is 0 Å². The van der Waals surface area contributed by atoms with Crippen LogP contribution in [-0.4, -0.2) is 58.3 Å². The molecule has 3 atom stereocenters. The lowest BCUT2D eigenvalue weighted by atomic mass is 10.1. The van der Waals surface area contributed by atoms with Gasteiger partial charge in [0.2, 0.25) is 6.79 Å². The molecule has 34 heavy (non-hydrogen) atoms. The minimum absolute atomic E-state index is 0.0914. The van der Waals surface area contributed by atoms with E-state index in [-0.39, 0.29) is 24.6 Å². The van der Waals surface area contributed by atoms with Crippen LogP contribution in [0, 0.1) is 0 Å². The quantitative estimate of drug-likeness (QED) is 0.511. The summed E-state index contributed by atoms with van der Waals surface area (Å²) >= 11 is 5.59. The lowest BCUT2D eigenvalue weighted by Gasteiger charge is -2.36. The number of nitrogens with one attached hydrogen (secondary N) is 1. The molecular weight excluding hydrogens is 473 g/mol. The lowest BCUT2D eigenvalue weighted by molar-refractivity contribution is -0.137. The van der Waals surface area contributed by atoms with Gasteiger partial charge in [0, 0.05) is 18.3 Å². The second-order valence-corrected chi connectivity index (χ2v) is 8.85. The van der Waals surface area contributed by atoms with Crippen LogP contribution in [0.2, 0.25) is 0 Å². The zero-order valence-corrected chi connectivity index (χ0v) is 18.2. The van der Waals surface area contributed by atoms with Crippen molar-refractivity contribution in [2.75, 3.05) is 23.6 Å². The number of fused-ring (bicyclic) bond motifs is 6. The smallest absolute Gasteiger partial charge is 0.416 e. The molecule has 2 aromatic rings. The van der Waals surface area contributed by atoms with Crippen molar-refractivity contribution in [3.63, 3.8) is 0 Å². The highest BCUT2D eigenvalue weighted by Crippen LogP contribution is 2.43. The van der Waals surface area contributed by atoms with Crippen molar-refractivity contribution in [3.05, 3.63) is 48.0 Å². The van der Waals surface area contributed by atoms with E-state index in [0.717, 1.165) is 17.0 Å². The first kappa shape index (κ1) is 21.0. The largest absolute Gasteiger partial charge is 0.454 e. The topological polar surface area (TPSA) is 74.4 Å². The number of nitrogens with zero attached hydrogens (tertiary/aromatic N) is 3. The molecule has 0 aromatic heterocycles. The number of ether oxygens (including phenoxy) is 2. The fourth-order valence-electron chi connectivity index (χ4n) is 5.12. The van der Waals surface area contributed by atoms with E-state index in [1.807, 2.05) is 4.90 Å². The number of likely N-dealkylation sites (tertiary alicyclic amines) is 1. The molecule has 1 unspecified atom stereocenters. The molecule has 2 aromatic carbocycles. The summed E-state index contributed by atoms with van der Waals surface area (Å²) in [4.78, 5) is 30.5. The standard InChI is InChI=1S/C22H17F3N4O4S/c23-22(24,25)11-2-1-3-13(6-11)29-19(30)18-15-8-14(28(18)21(29)31)9-27(15)20(34)26-12-4-5-16-17(7-12)33-10-32-16/h1-7,14-15,18H,8-10H2,(H,26,34)/t14?,15-,18-/m1/s1. The molecule has 3 amide bonds. The number of hydrogen-bond acceptors (Lipinski definition) is 5. The Labute approximate surface area is 196 Å². The summed E-state index contributed by atoms with van der Waals surface area (Å²) in [5.41, 5.74) is -0.323. The number of anilines is 2. The first-order chi connectivity index (χ1) is 16.2. The van der Waals surface area contributed by atoms with Crippen LogP contribution < -0.4 is 19.7 Å². The second kappa shape index (κ2) is 7.23. The third-order valence-corrected chi connectivity index (χ3v) is 6.92. The van der Waals surface area contributed by atoms with Crippen LogP contribution in [0.1, 0.15) is 12.0 Å². The fourth-order valence-corrected chi connectivity index (χ4v) is 5.45. The van der Waals surface area contributed by atoms with E-state index < -0.39 is 29.7 Å². The zero-order valence-electron chi connectivity index (χ0n) is 17.4. The van der Waals surface area contributed by atoms with Gasteiger partial charge in [-0.2, -0.15) is 13.2 Å². The van der Waals surface area contributed by atoms with Gasteiger partial charge >= 0.3 is 12.2 Å². The first-order valence-electron chi connectivity index (χ1n) is 10.5. The molecule has 0 aliphatic carbocycles. The molecule has 6 rings (SSSR count). The Hall–Kier alpha value is -3.54. The number of piperazine rings is 1. The predicted molar refractivity (Wildman–Crippen MR) is 118 cm³/mol. The summed E-state index contributed by atoms with van der Waals surface area (Å²) in [5.74, 6) is 0.680. The third kappa shape index (κ3) is 3.08. The number of alkyl halides is 3. The molecule has 12 heteroatoms. The molecule has 3 saturated heterocycles. The van der Waals surface area contributed by atoms with Gasteiger partial charge in [-0.3, -0.25) is 4.79 Å². The Morgan fingerprint density at radius 3 is 2.68 bits per heavy atom. The molecule has 8 nitrogen and oxygen atoms in total. The molecule has 0 radical (unpaired) electrons. The molecule has 0 saturated carbocycles. The Morgan fingerprint density at radius 1 is 1.09 bits per heavy atom. The number of benzene rings is 2. The van der Waals surface area contributed by atoms with Gasteiger partial charge in [0.25, 0.3) is 5.91 Å². The predicted octanol–water partition coefficient (Wildman–Crippen LogP) is 3.42. The highest BCUT2D eigenvalue weighted by molar-refractivity contribution is 7.80. The van der Waals surface area contributed by atoms with Crippen LogP contribution in [-0.2, 0) is 11.0 Å². The molecule has 0 spiro atoms. The van der Waals surface area contributed by atoms with Gasteiger partial charge in [0.05, 0.1) is 23.3 Å². The monoisotopic (exact) mass is 490 g/mol. The van der Waals surface area contributed by atoms with E-state index in [4.69, 9.17) is 21.7 Å². The molecule has 4 aliphatic rings. The third-order valence-electron chi connectivity index (χ3n) is 6.58. The fraction of sp³-hybridized carbons (Fsp3) is 0.318. The van der Waals surface area contributed by atoms with E-state index in [1.54, 1.807) is 18.2 Å². The van der Waals surface area contributed by atoms with Crippen LogP contribution in [0.4, 0.5) is 29.3 Å². The molecule has 3 fully saturated rings. The molecule has 4 aliphatic heterocycles. The van der Waals surface area contributed by atoms with E-state index in [2.05, 4.69) is 5.32 Å². The van der Waals surface area contributed by atoms with Crippen LogP contribution in [0.5, 0.6) is 11.5 Å². The van der Waals surface area contributed by atoms with E-state index >= 15 is 0 Å². The zero-order chi connectivity index (χ0) is 23.8. The SMILES string of the molecule is O=C1[C@H]2[C@H]3CC(CN3C(=S)Nc3ccc4c(c3)OCO4)N2C(=O)N1c1cccc(C(F)(F)F)c1. The summed E-state index contributed by atoms with van der Waals surface area (Å²) in [7, 11) is 0. The van der Waals surface area contributed by atoms with E-state index in [0.29, 0.717) is 35.3 Å². The molecule has 4 heterocycles. The van der Waals surface area contributed by atoms with Crippen molar-refractivity contribution in [2.45, 2.75) is 30.7 Å². The van der Waals surface area contributed by atoms with Gasteiger partial charge in [0.1, 0.15) is 6.04 Å². The highest BCUT2D eigenvalue weighted by atomic mass is 32.1. The maximum Gasteiger partial charge on any atom is 0.416 e. The highest BCUT2D eigenvalue weighted by Gasteiger charge is 2.62. The van der Waals surface area contributed by atoms with Crippen LogP contribution in [0.15, 0.2) is 42.5 Å². The summed E-state index contributed by atoms with van der Waals surface area (Å²) in [6.45, 7) is 0.572. The minimum Gasteiger partial charge on any atom is -0.454 e. The van der Waals surface area contributed by atoms with Crippen LogP contribution in [0.25, 0.3) is 0 Å². The van der Waals surface area contributed by atoms with Crippen molar-refractivity contribution in [3.8, 4) is 11.5 Å². The molecule has 1 N–H and O–H groups in total. The number of hydrogen-bond donors (Lipinski definition) is 1. The number of imide groups is 1. The first-order valence-corrected chi connectivity index (χ1v) is 10.9. The molecule has 2 bridgehead atoms. The number of rotatable bonds is 2. The minimum atomic E-state index is -4.58. The summed E-state index contributed by atoms with van der Waals surface area (Å²) in [6.07, 6.45) is -4.03. The average molecular weight is 490 g/mol. The number of amides is 3. The van der Waals surface area contributed by atoms with Crippen molar-refractivity contribution < 1.29 is 32.2 Å². The van der Waals surface area contributed by atoms with E-state index in [9.17, 15) is 22.8 Å². The molecular formula is C22H17F3N4O4S. The average Bonchev–Trinajstić information content (AvgIpc) is 3.56. The summed E-state index contributed by atoms with van der Waals surface area (Å²) in [6, 6.07) is 7.52. The normalized spacial score (nSPS) is 24.8. The van der Waals surface area contributed by atoms with Crippen molar-refractivity contribution in [1.29, 1.82) is 0 Å². The Balaban J connectivity index is 1.23. The molecule has 176 valence electrons. The van der Waals surface area contributed by atoms with Crippen LogP contribution >= 0.6 is 12.2 Å². The maximum absolute atomic E-state index is 13.3. The van der Waals surface area contributed by atoms with Gasteiger partial charge < -0.3 is 24.6 Å². The van der Waals surface area contributed by atoms with Gasteiger partial charge in [-0.15, -0.1) is 0 Å². The van der Waals surface area contributed by atoms with Crippen molar-refractivity contribution >= 4 is 40.6 Å². The number of carbonyl (C=O) groups is 2. The second-order valence-electron chi connectivity index (χ2n) is 8.46. The number of halogens is 3. The Morgan fingerprint density at radius 2 is 1.88 bits per heavy atom. The van der Waals surface area contributed by atoms with Crippen molar-refractivity contribution in [1.82, 2.24) is 9.80 Å². The van der Waals surface area contributed by atoms with Gasteiger partial charge in [-0.25, -0.2) is 9.69 Å². The van der Waals surface area contributed by atoms with Gasteiger partial charge in [-0.05, 0) is 49.0 Å². The Bertz CT molecular complexity index is 1240. The number of urea groups is 1. The van der Waals surface area contributed by atoms with Gasteiger partial charge in [-0.1, -0.05) is 6.07 Å².